The van der Waals surface area contributed by atoms with Gasteiger partial charge < -0.3 is 9.64 Å². The lowest BCUT2D eigenvalue weighted by molar-refractivity contribution is -0.0686. The molecule has 3 heterocycles. The van der Waals surface area contributed by atoms with E-state index in [1.807, 2.05) is 4.68 Å². The smallest absolute Gasteiger partial charge is 0.213 e. The summed E-state index contributed by atoms with van der Waals surface area (Å²) in [6, 6.07) is 0.257. The number of nitrogens with zero attached hydrogens (tertiary/aromatic N) is 5. The van der Waals surface area contributed by atoms with Gasteiger partial charge >= 0.3 is 0 Å². The lowest BCUT2D eigenvalue weighted by Gasteiger charge is -2.41. The van der Waals surface area contributed by atoms with Crippen molar-refractivity contribution in [1.82, 2.24) is 24.2 Å². The Labute approximate surface area is 131 Å². The highest BCUT2D eigenvalue weighted by Gasteiger charge is 2.36. The molecule has 124 valence electrons. The average Bonchev–Trinajstić information content (AvgIpc) is 2.95. The second kappa shape index (κ2) is 6.23. The van der Waals surface area contributed by atoms with Crippen molar-refractivity contribution in [1.29, 1.82) is 0 Å². The number of hydrogen-bond acceptors (Lipinski definition) is 6. The van der Waals surface area contributed by atoms with Crippen LogP contribution in [0.2, 0.25) is 0 Å². The minimum atomic E-state index is -3.10. The summed E-state index contributed by atoms with van der Waals surface area (Å²) in [6.07, 6.45) is 3.48. The fourth-order valence-electron chi connectivity index (χ4n) is 3.11. The fourth-order valence-corrected chi connectivity index (χ4v) is 3.97. The molecule has 1 saturated heterocycles. The molecule has 2 aliphatic rings. The van der Waals surface area contributed by atoms with Gasteiger partial charge in [0.1, 0.15) is 0 Å². The zero-order valence-electron chi connectivity index (χ0n) is 13.1. The number of aromatic nitrogens is 3. The molecule has 0 spiro atoms. The van der Waals surface area contributed by atoms with Crippen LogP contribution in [0, 0.1) is 0 Å². The molecule has 0 amide bonds. The average molecular weight is 329 g/mol. The minimum absolute atomic E-state index is 0.119. The van der Waals surface area contributed by atoms with Crippen molar-refractivity contribution in [2.75, 3.05) is 39.5 Å². The second-order valence-electron chi connectivity index (χ2n) is 6.13. The molecule has 0 aliphatic carbocycles. The van der Waals surface area contributed by atoms with Crippen LogP contribution in [0.3, 0.4) is 0 Å². The van der Waals surface area contributed by atoms with E-state index in [0.29, 0.717) is 13.0 Å². The predicted octanol–water partition coefficient (Wildman–Crippen LogP) is -0.295. The van der Waals surface area contributed by atoms with Crippen LogP contribution in [0.1, 0.15) is 24.6 Å². The molecular formula is C13H23N5O3S. The minimum Gasteiger partial charge on any atom is -0.368 e. The maximum Gasteiger partial charge on any atom is 0.213 e. The summed E-state index contributed by atoms with van der Waals surface area (Å²) in [5, 5.41) is 8.12. The van der Waals surface area contributed by atoms with Crippen LogP contribution in [0.15, 0.2) is 6.20 Å². The molecule has 0 saturated carbocycles. The Hall–Kier alpha value is -1.03. The number of sulfonamides is 1. The molecular weight excluding hydrogens is 306 g/mol. The van der Waals surface area contributed by atoms with Crippen molar-refractivity contribution in [3.8, 4) is 0 Å². The van der Waals surface area contributed by atoms with E-state index < -0.39 is 10.0 Å². The highest BCUT2D eigenvalue weighted by Crippen LogP contribution is 2.30. The molecule has 2 aliphatic heterocycles. The molecule has 0 radical (unpaired) electrons. The molecule has 1 aromatic rings. The van der Waals surface area contributed by atoms with Crippen LogP contribution in [0.4, 0.5) is 0 Å². The van der Waals surface area contributed by atoms with Gasteiger partial charge in [0.2, 0.25) is 10.0 Å². The Balaban J connectivity index is 1.52. The van der Waals surface area contributed by atoms with Gasteiger partial charge in [-0.3, -0.25) is 0 Å². The number of rotatable bonds is 5. The zero-order chi connectivity index (χ0) is 15.7. The van der Waals surface area contributed by atoms with Gasteiger partial charge in [-0.2, -0.15) is 0 Å². The molecule has 0 unspecified atom stereocenters. The number of ether oxygens (including phenoxy) is 1. The molecule has 1 fully saturated rings. The zero-order valence-corrected chi connectivity index (χ0v) is 13.9. The van der Waals surface area contributed by atoms with E-state index in [-0.39, 0.29) is 17.9 Å². The Morgan fingerprint density at radius 2 is 2.27 bits per heavy atom. The molecule has 2 atom stereocenters. The Bertz CT molecular complexity index is 615. The molecule has 0 N–H and O–H groups in total. The van der Waals surface area contributed by atoms with Gasteiger partial charge in [-0.05, 0) is 19.4 Å². The van der Waals surface area contributed by atoms with E-state index in [0.717, 1.165) is 31.7 Å². The van der Waals surface area contributed by atoms with Crippen molar-refractivity contribution < 1.29 is 13.2 Å². The van der Waals surface area contributed by atoms with Gasteiger partial charge in [-0.1, -0.05) is 5.21 Å². The third-order valence-corrected chi connectivity index (χ3v) is 6.37. The molecule has 0 aromatic carbocycles. The summed E-state index contributed by atoms with van der Waals surface area (Å²) in [7, 11) is 0.0498. The van der Waals surface area contributed by atoms with Crippen molar-refractivity contribution in [3.05, 3.63) is 11.9 Å². The normalized spacial score (nSPS) is 26.0. The topological polar surface area (TPSA) is 80.6 Å². The first-order chi connectivity index (χ1) is 10.5. The predicted molar refractivity (Wildman–Crippen MR) is 80.8 cm³/mol. The number of likely N-dealkylation sites (tertiary alicyclic amines) is 1. The first kappa shape index (κ1) is 15.9. The van der Waals surface area contributed by atoms with Crippen molar-refractivity contribution in [2.45, 2.75) is 31.6 Å². The van der Waals surface area contributed by atoms with Gasteiger partial charge in [0.15, 0.2) is 0 Å². The molecule has 22 heavy (non-hydrogen) atoms. The highest BCUT2D eigenvalue weighted by molar-refractivity contribution is 7.89. The van der Waals surface area contributed by atoms with E-state index in [1.54, 1.807) is 20.3 Å². The van der Waals surface area contributed by atoms with Crippen molar-refractivity contribution >= 4 is 10.0 Å². The molecule has 0 bridgehead atoms. The molecule has 1 aromatic heterocycles. The SMILES string of the molecule is CN(C)S(=O)(=O)CCCN1CC[C@H]2[C@H](C1)OCc1cnnn12. The highest BCUT2D eigenvalue weighted by atomic mass is 32.2. The number of hydrogen-bond donors (Lipinski definition) is 0. The maximum absolute atomic E-state index is 11.8. The van der Waals surface area contributed by atoms with Crippen LogP contribution in [-0.2, 0) is 21.4 Å². The number of fused-ring (bicyclic) bond motifs is 3. The Morgan fingerprint density at radius 3 is 3.05 bits per heavy atom. The molecule has 9 heteroatoms. The molecule has 3 rings (SSSR count). The lowest BCUT2D eigenvalue weighted by Crippen LogP contribution is -2.48. The van der Waals surface area contributed by atoms with Gasteiger partial charge in [0.05, 0.1) is 36.4 Å². The fraction of sp³-hybridized carbons (Fsp3) is 0.846. The Kier molecular flexibility index (Phi) is 4.49. The summed E-state index contributed by atoms with van der Waals surface area (Å²) >= 11 is 0. The first-order valence-electron chi connectivity index (χ1n) is 7.60. The quantitative estimate of drug-likeness (QED) is 0.738. The van der Waals surface area contributed by atoms with E-state index in [2.05, 4.69) is 15.2 Å². The summed E-state index contributed by atoms with van der Waals surface area (Å²) in [6.45, 7) is 3.10. The molecule has 8 nitrogen and oxygen atoms in total. The van der Waals surface area contributed by atoms with Crippen LogP contribution in [0.25, 0.3) is 0 Å². The summed E-state index contributed by atoms with van der Waals surface area (Å²) in [5.74, 6) is 0.193. The summed E-state index contributed by atoms with van der Waals surface area (Å²) in [4.78, 5) is 2.29. The summed E-state index contributed by atoms with van der Waals surface area (Å²) < 4.78 is 32.7. The standard InChI is InChI=1S/C13H23N5O3S/c1-16(2)22(19,20)7-3-5-17-6-4-12-13(9-17)21-10-11-8-14-15-18(11)12/h8,12-13H,3-7,9-10H2,1-2H3/t12-,13-/m0/s1. The van der Waals surface area contributed by atoms with Crippen LogP contribution >= 0.6 is 0 Å². The van der Waals surface area contributed by atoms with E-state index >= 15 is 0 Å². The van der Waals surface area contributed by atoms with Crippen LogP contribution in [-0.4, -0.2) is 78.2 Å². The van der Waals surface area contributed by atoms with Crippen LogP contribution in [0.5, 0.6) is 0 Å². The third-order valence-electron chi connectivity index (χ3n) is 4.45. The van der Waals surface area contributed by atoms with Crippen LogP contribution < -0.4 is 0 Å². The summed E-state index contributed by atoms with van der Waals surface area (Å²) in [5.41, 5.74) is 1.03. The lowest BCUT2D eigenvalue weighted by atomic mass is 10.00. The first-order valence-corrected chi connectivity index (χ1v) is 9.21. The van der Waals surface area contributed by atoms with E-state index in [1.165, 1.54) is 4.31 Å². The van der Waals surface area contributed by atoms with E-state index in [9.17, 15) is 8.42 Å². The largest absolute Gasteiger partial charge is 0.368 e. The number of piperidine rings is 1. The Morgan fingerprint density at radius 1 is 1.45 bits per heavy atom. The van der Waals surface area contributed by atoms with Crippen molar-refractivity contribution in [3.63, 3.8) is 0 Å². The monoisotopic (exact) mass is 329 g/mol. The third kappa shape index (κ3) is 3.17. The maximum atomic E-state index is 11.8. The van der Waals surface area contributed by atoms with E-state index in [4.69, 9.17) is 4.74 Å². The van der Waals surface area contributed by atoms with Gasteiger partial charge in [-0.15, -0.1) is 5.10 Å². The van der Waals surface area contributed by atoms with Gasteiger partial charge in [0.25, 0.3) is 0 Å². The van der Waals surface area contributed by atoms with Crippen molar-refractivity contribution in [2.24, 2.45) is 0 Å². The van der Waals surface area contributed by atoms with Gasteiger partial charge in [-0.25, -0.2) is 17.4 Å². The second-order valence-corrected chi connectivity index (χ2v) is 8.43. The van der Waals surface area contributed by atoms with Gasteiger partial charge in [0, 0.05) is 27.2 Å².